The molecule has 1 amide bonds. The normalized spacial score (nSPS) is 14.5. The van der Waals surface area contributed by atoms with Gasteiger partial charge >= 0.3 is 0 Å². The van der Waals surface area contributed by atoms with Crippen molar-refractivity contribution in [2.45, 2.75) is 19.8 Å². The number of aromatic nitrogens is 1. The first kappa shape index (κ1) is 15.3. The molecule has 0 radical (unpaired) electrons. The van der Waals surface area contributed by atoms with Crippen LogP contribution in [0.25, 0.3) is 10.9 Å². The molecule has 0 atom stereocenters. The molecule has 4 heteroatoms. The maximum Gasteiger partial charge on any atom is 0.253 e. The van der Waals surface area contributed by atoms with Gasteiger partial charge in [0.25, 0.3) is 5.91 Å². The number of carbonyl (C=O) groups excluding carboxylic acids is 1. The third kappa shape index (κ3) is 2.69. The van der Waals surface area contributed by atoms with Gasteiger partial charge in [-0.3, -0.25) is 4.79 Å². The molecule has 0 spiro atoms. The number of fused-ring (bicyclic) bond motifs is 3. The van der Waals surface area contributed by atoms with E-state index in [4.69, 9.17) is 11.6 Å². The Balaban J connectivity index is 1.59. The zero-order valence-electron chi connectivity index (χ0n) is 13.6. The van der Waals surface area contributed by atoms with Crippen LogP contribution < -0.4 is 0 Å². The number of H-pyrrole nitrogens is 1. The fourth-order valence-electron chi connectivity index (χ4n) is 3.50. The van der Waals surface area contributed by atoms with Crippen molar-refractivity contribution in [1.82, 2.24) is 9.88 Å². The summed E-state index contributed by atoms with van der Waals surface area (Å²) in [6, 6.07) is 13.7. The van der Waals surface area contributed by atoms with Crippen LogP contribution in [0.2, 0.25) is 5.02 Å². The van der Waals surface area contributed by atoms with Crippen molar-refractivity contribution in [3.05, 3.63) is 69.9 Å². The number of hydrogen-bond donors (Lipinski definition) is 1. The lowest BCUT2D eigenvalue weighted by Gasteiger charge is -2.20. The number of nitrogens with one attached hydrogen (secondary N) is 1. The second-order valence-electron chi connectivity index (χ2n) is 6.43. The van der Waals surface area contributed by atoms with Crippen molar-refractivity contribution < 1.29 is 4.79 Å². The van der Waals surface area contributed by atoms with E-state index in [2.05, 4.69) is 30.1 Å². The molecule has 2 heterocycles. The molecule has 0 aliphatic carbocycles. The minimum absolute atomic E-state index is 0.0808. The van der Waals surface area contributed by atoms with Gasteiger partial charge in [-0.25, -0.2) is 0 Å². The Labute approximate surface area is 146 Å². The van der Waals surface area contributed by atoms with Crippen molar-refractivity contribution in [3.8, 4) is 0 Å². The van der Waals surface area contributed by atoms with Crippen LogP contribution in [-0.2, 0) is 12.8 Å². The topological polar surface area (TPSA) is 36.1 Å². The Kier molecular flexibility index (Phi) is 3.81. The van der Waals surface area contributed by atoms with Gasteiger partial charge in [-0.2, -0.15) is 0 Å². The maximum atomic E-state index is 12.7. The molecule has 1 aliphatic heterocycles. The summed E-state index contributed by atoms with van der Waals surface area (Å²) in [6.07, 6.45) is 1.75. The van der Waals surface area contributed by atoms with Crippen molar-refractivity contribution in [3.63, 3.8) is 0 Å². The van der Waals surface area contributed by atoms with Crippen LogP contribution in [0.1, 0.15) is 27.2 Å². The minimum Gasteiger partial charge on any atom is -0.358 e. The average molecular weight is 339 g/mol. The number of hydrogen-bond acceptors (Lipinski definition) is 1. The SMILES string of the molecule is Cc1ccc2[nH]c3c(c2c1)CCN(C(=O)c1ccc(Cl)cc1)CC3. The molecule has 1 N–H and O–H groups in total. The molecule has 3 aromatic rings. The van der Waals surface area contributed by atoms with Gasteiger partial charge in [-0.1, -0.05) is 23.2 Å². The van der Waals surface area contributed by atoms with Crippen LogP contribution in [0.3, 0.4) is 0 Å². The maximum absolute atomic E-state index is 12.7. The number of aryl methyl sites for hydroxylation is 1. The Morgan fingerprint density at radius 1 is 1.08 bits per heavy atom. The van der Waals surface area contributed by atoms with E-state index in [9.17, 15) is 4.79 Å². The highest BCUT2D eigenvalue weighted by molar-refractivity contribution is 6.30. The summed E-state index contributed by atoms with van der Waals surface area (Å²) < 4.78 is 0. The molecular formula is C20H19ClN2O. The molecule has 1 aliphatic rings. The minimum atomic E-state index is 0.0808. The van der Waals surface area contributed by atoms with Crippen LogP contribution >= 0.6 is 11.6 Å². The number of carbonyl (C=O) groups is 1. The molecule has 3 nitrogen and oxygen atoms in total. The fraction of sp³-hybridized carbons (Fsp3) is 0.250. The van der Waals surface area contributed by atoms with Gasteiger partial charge in [0.1, 0.15) is 0 Å². The summed E-state index contributed by atoms with van der Waals surface area (Å²) in [7, 11) is 0. The lowest BCUT2D eigenvalue weighted by molar-refractivity contribution is 0.0763. The van der Waals surface area contributed by atoms with Crippen molar-refractivity contribution in [2.75, 3.05) is 13.1 Å². The third-order valence-electron chi connectivity index (χ3n) is 4.79. The van der Waals surface area contributed by atoms with Crippen LogP contribution in [0.15, 0.2) is 42.5 Å². The van der Waals surface area contributed by atoms with Crippen molar-refractivity contribution >= 4 is 28.4 Å². The predicted molar refractivity (Wildman–Crippen MR) is 97.8 cm³/mol. The second-order valence-corrected chi connectivity index (χ2v) is 6.87. The van der Waals surface area contributed by atoms with Gasteiger partial charge in [0.2, 0.25) is 0 Å². The smallest absolute Gasteiger partial charge is 0.253 e. The molecule has 0 saturated heterocycles. The van der Waals surface area contributed by atoms with Crippen LogP contribution in [0.4, 0.5) is 0 Å². The van der Waals surface area contributed by atoms with E-state index < -0.39 is 0 Å². The molecule has 2 aromatic carbocycles. The molecule has 0 bridgehead atoms. The number of halogens is 1. The monoisotopic (exact) mass is 338 g/mol. The second kappa shape index (κ2) is 5.99. The quantitative estimate of drug-likeness (QED) is 0.702. The van der Waals surface area contributed by atoms with E-state index in [0.717, 1.165) is 25.9 Å². The van der Waals surface area contributed by atoms with Gasteiger partial charge in [-0.15, -0.1) is 0 Å². The molecule has 0 fully saturated rings. The first-order valence-corrected chi connectivity index (χ1v) is 8.64. The first-order chi connectivity index (χ1) is 11.6. The summed E-state index contributed by atoms with van der Waals surface area (Å²) in [5, 5.41) is 1.95. The van der Waals surface area contributed by atoms with Crippen LogP contribution in [-0.4, -0.2) is 28.9 Å². The Morgan fingerprint density at radius 2 is 1.83 bits per heavy atom. The lowest BCUT2D eigenvalue weighted by atomic mass is 10.1. The summed E-state index contributed by atoms with van der Waals surface area (Å²) in [6.45, 7) is 3.60. The van der Waals surface area contributed by atoms with E-state index >= 15 is 0 Å². The van der Waals surface area contributed by atoms with Gasteiger partial charge < -0.3 is 9.88 Å². The Morgan fingerprint density at radius 3 is 2.62 bits per heavy atom. The van der Waals surface area contributed by atoms with Crippen LogP contribution in [0, 0.1) is 6.92 Å². The Hall–Kier alpha value is -2.26. The van der Waals surface area contributed by atoms with E-state index in [1.54, 1.807) is 24.3 Å². The van der Waals surface area contributed by atoms with Crippen LogP contribution in [0.5, 0.6) is 0 Å². The standard InChI is InChI=1S/C20H19ClN2O/c1-13-2-7-18-17(12-13)16-8-10-23(11-9-19(16)22-18)20(24)14-3-5-15(21)6-4-14/h2-7,12,22H,8-11H2,1H3. The summed E-state index contributed by atoms with van der Waals surface area (Å²) in [5.41, 5.74) is 5.79. The number of rotatable bonds is 1. The molecule has 0 saturated carbocycles. The summed E-state index contributed by atoms with van der Waals surface area (Å²) >= 11 is 5.91. The molecule has 4 rings (SSSR count). The zero-order chi connectivity index (χ0) is 16.7. The van der Waals surface area contributed by atoms with E-state index in [0.29, 0.717) is 10.6 Å². The molecule has 24 heavy (non-hydrogen) atoms. The van der Waals surface area contributed by atoms with Gasteiger partial charge in [0.15, 0.2) is 0 Å². The Bertz CT molecular complexity index is 911. The number of amides is 1. The summed E-state index contributed by atoms with van der Waals surface area (Å²) in [4.78, 5) is 18.2. The first-order valence-electron chi connectivity index (χ1n) is 8.27. The molecular weight excluding hydrogens is 320 g/mol. The highest BCUT2D eigenvalue weighted by Crippen LogP contribution is 2.27. The van der Waals surface area contributed by atoms with E-state index in [1.165, 1.54) is 27.7 Å². The predicted octanol–water partition coefficient (Wildman–Crippen LogP) is 4.37. The highest BCUT2D eigenvalue weighted by Gasteiger charge is 2.22. The fourth-order valence-corrected chi connectivity index (χ4v) is 3.63. The lowest BCUT2D eigenvalue weighted by Crippen LogP contribution is -2.33. The highest BCUT2D eigenvalue weighted by atomic mass is 35.5. The van der Waals surface area contributed by atoms with E-state index in [1.807, 2.05) is 4.90 Å². The molecule has 122 valence electrons. The molecule has 0 unspecified atom stereocenters. The number of aromatic amines is 1. The average Bonchev–Trinajstić information content (AvgIpc) is 2.78. The largest absolute Gasteiger partial charge is 0.358 e. The third-order valence-corrected chi connectivity index (χ3v) is 5.04. The van der Waals surface area contributed by atoms with Gasteiger partial charge in [-0.05, 0) is 55.3 Å². The van der Waals surface area contributed by atoms with Crippen molar-refractivity contribution in [1.29, 1.82) is 0 Å². The molecule has 1 aromatic heterocycles. The van der Waals surface area contributed by atoms with Gasteiger partial charge in [0, 0.05) is 46.7 Å². The van der Waals surface area contributed by atoms with Crippen molar-refractivity contribution in [2.24, 2.45) is 0 Å². The number of benzene rings is 2. The zero-order valence-corrected chi connectivity index (χ0v) is 14.4. The van der Waals surface area contributed by atoms with E-state index in [-0.39, 0.29) is 5.91 Å². The van der Waals surface area contributed by atoms with Gasteiger partial charge in [0.05, 0.1) is 0 Å². The number of nitrogens with zero attached hydrogens (tertiary/aromatic N) is 1. The summed E-state index contributed by atoms with van der Waals surface area (Å²) in [5.74, 6) is 0.0808.